The highest BCUT2D eigenvalue weighted by molar-refractivity contribution is 5.78. The van der Waals surface area contributed by atoms with E-state index in [0.29, 0.717) is 0 Å². The van der Waals surface area contributed by atoms with Crippen molar-refractivity contribution in [2.75, 3.05) is 0 Å². The van der Waals surface area contributed by atoms with Crippen LogP contribution in [-0.2, 0) is 5.41 Å². The van der Waals surface area contributed by atoms with Crippen LogP contribution < -0.4 is 4.74 Å². The van der Waals surface area contributed by atoms with Crippen LogP contribution in [0.4, 0.5) is 0 Å². The van der Waals surface area contributed by atoms with Gasteiger partial charge < -0.3 is 4.74 Å². The zero-order valence-corrected chi connectivity index (χ0v) is 27.9. The van der Waals surface area contributed by atoms with Gasteiger partial charge in [-0.3, -0.25) is 9.38 Å². The molecule has 0 amide bonds. The number of fused-ring (bicyclic) bond motifs is 1. The van der Waals surface area contributed by atoms with Gasteiger partial charge in [0.15, 0.2) is 0 Å². The maximum absolute atomic E-state index is 6.66. The van der Waals surface area contributed by atoms with Gasteiger partial charge in [0, 0.05) is 34.8 Å². The van der Waals surface area contributed by atoms with E-state index in [2.05, 4.69) is 121 Å². The molecule has 0 saturated heterocycles. The van der Waals surface area contributed by atoms with Gasteiger partial charge in [-0.25, -0.2) is 9.67 Å². The molecule has 0 aliphatic heterocycles. The average molecular weight is 598 g/mol. The number of pyridine rings is 2. The van der Waals surface area contributed by atoms with Crippen molar-refractivity contribution < 1.29 is 4.74 Å². The van der Waals surface area contributed by atoms with E-state index in [0.717, 1.165) is 62.3 Å². The lowest BCUT2D eigenvalue weighted by Crippen LogP contribution is -2.11. The Bertz CT molecular complexity index is 1990. The molecule has 6 aromatic rings. The molecular weight excluding hydrogens is 554 g/mol. The van der Waals surface area contributed by atoms with Crippen molar-refractivity contribution in [2.45, 2.75) is 79.6 Å². The molecule has 45 heavy (non-hydrogen) atoms. The van der Waals surface area contributed by atoms with Crippen molar-refractivity contribution in [1.29, 1.82) is 0 Å². The molecule has 0 spiro atoms. The second-order valence-corrected chi connectivity index (χ2v) is 13.6. The molecule has 0 radical (unpaired) electrons. The van der Waals surface area contributed by atoms with Crippen molar-refractivity contribution in [1.82, 2.24) is 24.1 Å². The number of nitrogens with zero attached hydrogens (tertiary/aromatic N) is 5. The smallest absolute Gasteiger partial charge is 0.147 e. The third kappa shape index (κ3) is 5.77. The largest absolute Gasteiger partial charge is 0.456 e. The number of benzene rings is 2. The molecule has 0 unspecified atom stereocenters. The normalized spacial score (nSPS) is 12.1. The van der Waals surface area contributed by atoms with Crippen LogP contribution >= 0.6 is 0 Å². The van der Waals surface area contributed by atoms with Crippen LogP contribution in [0.2, 0.25) is 0 Å². The van der Waals surface area contributed by atoms with E-state index in [1.165, 1.54) is 11.3 Å². The second kappa shape index (κ2) is 11.7. The molecule has 0 aliphatic rings. The summed E-state index contributed by atoms with van der Waals surface area (Å²) in [5.41, 5.74) is 11.6. The van der Waals surface area contributed by atoms with Crippen LogP contribution in [0.5, 0.6) is 11.5 Å². The van der Waals surface area contributed by atoms with Crippen molar-refractivity contribution >= 4 is 5.65 Å². The molecule has 4 aromatic heterocycles. The highest BCUT2D eigenvalue weighted by Crippen LogP contribution is 2.37. The van der Waals surface area contributed by atoms with Gasteiger partial charge >= 0.3 is 0 Å². The standard InChI is InChI=1S/C39H43N5O/c1-24(2)36-37(25(3)4)43-23-32(22-33(38(43)41-36)34-20-29(18-19-40-34)39(7,8)9)45-31-17-13-16-30(21-31)44-27(6)35(26(5)42-44)28-14-11-10-12-15-28/h10-25H,1-9H3. The fraction of sp³-hybridized carbons (Fsp3) is 0.308. The van der Waals surface area contributed by atoms with Crippen molar-refractivity contribution in [3.05, 3.63) is 114 Å². The summed E-state index contributed by atoms with van der Waals surface area (Å²) in [7, 11) is 0. The zero-order chi connectivity index (χ0) is 32.0. The first-order valence-electron chi connectivity index (χ1n) is 15.8. The van der Waals surface area contributed by atoms with Gasteiger partial charge in [0.2, 0.25) is 0 Å². The van der Waals surface area contributed by atoms with Gasteiger partial charge in [-0.1, -0.05) is 84.9 Å². The first-order chi connectivity index (χ1) is 21.4. The maximum atomic E-state index is 6.66. The second-order valence-electron chi connectivity index (χ2n) is 13.6. The molecule has 0 fully saturated rings. The molecule has 0 atom stereocenters. The van der Waals surface area contributed by atoms with Crippen LogP contribution in [0, 0.1) is 13.8 Å². The van der Waals surface area contributed by atoms with Gasteiger partial charge in [0.1, 0.15) is 17.1 Å². The van der Waals surface area contributed by atoms with Gasteiger partial charge in [-0.15, -0.1) is 0 Å². The Kier molecular flexibility index (Phi) is 7.86. The maximum Gasteiger partial charge on any atom is 0.147 e. The minimum atomic E-state index is -0.00645. The number of ether oxygens (including phenoxy) is 1. The lowest BCUT2D eigenvalue weighted by Gasteiger charge is -2.19. The summed E-state index contributed by atoms with van der Waals surface area (Å²) in [5, 5.41) is 4.92. The van der Waals surface area contributed by atoms with E-state index in [-0.39, 0.29) is 17.3 Å². The van der Waals surface area contributed by atoms with Gasteiger partial charge in [0.25, 0.3) is 0 Å². The molecule has 0 saturated carbocycles. The summed E-state index contributed by atoms with van der Waals surface area (Å²) in [6, 6.07) is 24.9. The fourth-order valence-corrected chi connectivity index (χ4v) is 6.17. The summed E-state index contributed by atoms with van der Waals surface area (Å²) in [5.74, 6) is 2.03. The van der Waals surface area contributed by atoms with Crippen LogP contribution in [0.3, 0.4) is 0 Å². The zero-order valence-electron chi connectivity index (χ0n) is 27.9. The fourth-order valence-electron chi connectivity index (χ4n) is 6.17. The number of hydrogen-bond acceptors (Lipinski definition) is 4. The third-order valence-corrected chi connectivity index (χ3v) is 8.41. The SMILES string of the molecule is Cc1nn(-c2cccc(Oc3cc(-c4cc(C(C)(C)C)ccn4)c4nc(C(C)C)c(C(C)C)n4c3)c2)c(C)c1-c1ccccc1. The number of aryl methyl sites for hydroxylation is 1. The topological polar surface area (TPSA) is 57.2 Å². The molecule has 6 nitrogen and oxygen atoms in total. The number of hydrogen-bond donors (Lipinski definition) is 0. The van der Waals surface area contributed by atoms with Crippen molar-refractivity contribution in [3.8, 4) is 39.6 Å². The quantitative estimate of drug-likeness (QED) is 0.184. The van der Waals surface area contributed by atoms with Gasteiger partial charge in [-0.05, 0) is 72.6 Å². The molecule has 230 valence electrons. The Labute approximate surface area is 266 Å². The first kappa shape index (κ1) is 30.3. The summed E-state index contributed by atoms with van der Waals surface area (Å²) < 4.78 is 10.9. The molecule has 0 aliphatic carbocycles. The minimum Gasteiger partial charge on any atom is -0.456 e. The molecule has 2 aromatic carbocycles. The molecule has 0 N–H and O–H groups in total. The Morgan fingerprint density at radius 1 is 0.800 bits per heavy atom. The molecule has 6 heteroatoms. The van der Waals surface area contributed by atoms with Gasteiger partial charge in [-0.2, -0.15) is 5.10 Å². The van der Waals surface area contributed by atoms with Crippen molar-refractivity contribution in [2.24, 2.45) is 0 Å². The predicted molar refractivity (Wildman–Crippen MR) is 184 cm³/mol. The minimum absolute atomic E-state index is 0.00645. The average Bonchev–Trinajstić information content (AvgIpc) is 3.54. The van der Waals surface area contributed by atoms with Gasteiger partial charge in [0.05, 0.1) is 29.0 Å². The summed E-state index contributed by atoms with van der Waals surface area (Å²) in [6.45, 7) is 19.7. The summed E-state index contributed by atoms with van der Waals surface area (Å²) in [4.78, 5) is 10.0. The molecule has 0 bridgehead atoms. The Balaban J connectivity index is 1.47. The number of rotatable bonds is 7. The monoisotopic (exact) mass is 597 g/mol. The van der Waals surface area contributed by atoms with E-state index in [4.69, 9.17) is 19.8 Å². The summed E-state index contributed by atoms with van der Waals surface area (Å²) in [6.07, 6.45) is 3.97. The molecule has 6 rings (SSSR count). The summed E-state index contributed by atoms with van der Waals surface area (Å²) >= 11 is 0. The lowest BCUT2D eigenvalue weighted by molar-refractivity contribution is 0.478. The highest BCUT2D eigenvalue weighted by Gasteiger charge is 2.23. The Morgan fingerprint density at radius 3 is 2.24 bits per heavy atom. The van der Waals surface area contributed by atoms with E-state index < -0.39 is 0 Å². The van der Waals surface area contributed by atoms with E-state index >= 15 is 0 Å². The number of aromatic nitrogens is 5. The predicted octanol–water partition coefficient (Wildman–Crippen LogP) is 10.2. The van der Waals surface area contributed by atoms with Crippen LogP contribution in [0.1, 0.15) is 88.6 Å². The van der Waals surface area contributed by atoms with Crippen molar-refractivity contribution in [3.63, 3.8) is 0 Å². The first-order valence-corrected chi connectivity index (χ1v) is 15.8. The van der Waals surface area contributed by atoms with E-state index in [9.17, 15) is 0 Å². The van der Waals surface area contributed by atoms with Crippen LogP contribution in [-0.4, -0.2) is 24.1 Å². The highest BCUT2D eigenvalue weighted by atomic mass is 16.5. The Hall–Kier alpha value is -4.71. The van der Waals surface area contributed by atoms with E-state index in [1.807, 2.05) is 35.1 Å². The number of imidazole rings is 1. The third-order valence-electron chi connectivity index (χ3n) is 8.41. The van der Waals surface area contributed by atoms with E-state index in [1.54, 1.807) is 0 Å². The van der Waals surface area contributed by atoms with Crippen LogP contribution in [0.25, 0.3) is 33.7 Å². The lowest BCUT2D eigenvalue weighted by atomic mass is 9.87. The van der Waals surface area contributed by atoms with Crippen LogP contribution in [0.15, 0.2) is 85.2 Å². The Morgan fingerprint density at radius 2 is 1.56 bits per heavy atom. The molecular formula is C39H43N5O. The molecule has 4 heterocycles.